The molecule has 1 fully saturated rings. The first-order valence-corrected chi connectivity index (χ1v) is 6.56. The SMILES string of the molecule is CCC1CN(C(=O)c2ccc(Cl)s2)CCO1. The number of morpholine rings is 1. The maximum Gasteiger partial charge on any atom is 0.264 e. The lowest BCUT2D eigenvalue weighted by Crippen LogP contribution is -2.45. The fourth-order valence-electron chi connectivity index (χ4n) is 1.74. The third kappa shape index (κ3) is 2.56. The number of carbonyl (C=O) groups excluding carboxylic acids is 1. The molecule has 1 atom stereocenters. The van der Waals surface area contributed by atoms with Gasteiger partial charge in [0.15, 0.2) is 0 Å². The summed E-state index contributed by atoms with van der Waals surface area (Å²) in [5.41, 5.74) is 0. The number of ether oxygens (including phenoxy) is 1. The molecule has 0 bridgehead atoms. The van der Waals surface area contributed by atoms with E-state index in [2.05, 4.69) is 6.92 Å². The van der Waals surface area contributed by atoms with E-state index in [1.807, 2.05) is 4.90 Å². The van der Waals surface area contributed by atoms with E-state index in [9.17, 15) is 4.79 Å². The molecule has 1 saturated heterocycles. The Bertz CT molecular complexity index is 380. The standard InChI is InChI=1S/C11H14ClNO2S/c1-2-8-7-13(5-6-15-8)11(14)9-3-4-10(12)16-9/h3-4,8H,2,5-7H2,1H3. The molecular formula is C11H14ClNO2S. The van der Waals surface area contributed by atoms with E-state index in [4.69, 9.17) is 16.3 Å². The van der Waals surface area contributed by atoms with Gasteiger partial charge < -0.3 is 9.64 Å². The molecular weight excluding hydrogens is 246 g/mol. The number of hydrogen-bond donors (Lipinski definition) is 0. The second-order valence-electron chi connectivity index (χ2n) is 3.76. The second-order valence-corrected chi connectivity index (χ2v) is 5.47. The Labute approximate surface area is 104 Å². The van der Waals surface area contributed by atoms with Crippen LogP contribution in [0.2, 0.25) is 4.34 Å². The summed E-state index contributed by atoms with van der Waals surface area (Å²) in [6.45, 7) is 4.06. The monoisotopic (exact) mass is 259 g/mol. The molecule has 0 radical (unpaired) electrons. The largest absolute Gasteiger partial charge is 0.375 e. The molecule has 1 amide bonds. The van der Waals surface area contributed by atoms with Gasteiger partial charge in [-0.05, 0) is 18.6 Å². The molecule has 2 rings (SSSR count). The van der Waals surface area contributed by atoms with Crippen LogP contribution in [0, 0.1) is 0 Å². The number of halogens is 1. The van der Waals surface area contributed by atoms with Gasteiger partial charge in [0.25, 0.3) is 5.91 Å². The van der Waals surface area contributed by atoms with Gasteiger partial charge >= 0.3 is 0 Å². The predicted molar refractivity (Wildman–Crippen MR) is 65.3 cm³/mol. The molecule has 0 spiro atoms. The van der Waals surface area contributed by atoms with Gasteiger partial charge in [-0.15, -0.1) is 11.3 Å². The molecule has 0 aliphatic carbocycles. The van der Waals surface area contributed by atoms with Crippen LogP contribution in [0.4, 0.5) is 0 Å². The summed E-state index contributed by atoms with van der Waals surface area (Å²) in [5.74, 6) is 0.0682. The molecule has 1 unspecified atom stereocenters. The zero-order valence-electron chi connectivity index (χ0n) is 9.11. The van der Waals surface area contributed by atoms with E-state index in [0.29, 0.717) is 28.9 Å². The molecule has 0 aromatic carbocycles. The number of carbonyl (C=O) groups is 1. The van der Waals surface area contributed by atoms with Gasteiger partial charge in [0.2, 0.25) is 0 Å². The summed E-state index contributed by atoms with van der Waals surface area (Å²) >= 11 is 7.15. The minimum atomic E-state index is 0.0682. The number of nitrogens with zero attached hydrogens (tertiary/aromatic N) is 1. The van der Waals surface area contributed by atoms with Crippen molar-refractivity contribution in [1.29, 1.82) is 0 Å². The first kappa shape index (κ1) is 11.9. The Hall–Kier alpha value is -0.580. The van der Waals surface area contributed by atoms with E-state index in [1.165, 1.54) is 11.3 Å². The van der Waals surface area contributed by atoms with E-state index >= 15 is 0 Å². The van der Waals surface area contributed by atoms with Crippen molar-refractivity contribution in [3.8, 4) is 0 Å². The number of thiophene rings is 1. The maximum atomic E-state index is 12.1. The molecule has 1 aromatic rings. The highest BCUT2D eigenvalue weighted by atomic mass is 35.5. The van der Waals surface area contributed by atoms with Crippen molar-refractivity contribution in [3.63, 3.8) is 0 Å². The minimum absolute atomic E-state index is 0.0682. The Balaban J connectivity index is 2.04. The molecule has 16 heavy (non-hydrogen) atoms. The second kappa shape index (κ2) is 5.17. The maximum absolute atomic E-state index is 12.1. The van der Waals surface area contributed by atoms with Gasteiger partial charge in [-0.1, -0.05) is 18.5 Å². The Morgan fingerprint density at radius 2 is 2.50 bits per heavy atom. The predicted octanol–water partition coefficient (Wildman–Crippen LogP) is 2.65. The van der Waals surface area contributed by atoms with Crippen molar-refractivity contribution in [2.45, 2.75) is 19.4 Å². The average Bonchev–Trinajstić information content (AvgIpc) is 2.75. The Morgan fingerprint density at radius 3 is 3.12 bits per heavy atom. The first-order valence-electron chi connectivity index (χ1n) is 5.37. The summed E-state index contributed by atoms with van der Waals surface area (Å²) in [5, 5.41) is 0. The van der Waals surface area contributed by atoms with E-state index in [1.54, 1.807) is 12.1 Å². The van der Waals surface area contributed by atoms with Crippen LogP contribution >= 0.6 is 22.9 Å². The van der Waals surface area contributed by atoms with Crippen LogP contribution in [-0.4, -0.2) is 36.6 Å². The lowest BCUT2D eigenvalue weighted by atomic mass is 10.2. The van der Waals surface area contributed by atoms with Gasteiger partial charge in [-0.2, -0.15) is 0 Å². The van der Waals surface area contributed by atoms with Crippen molar-refractivity contribution in [3.05, 3.63) is 21.3 Å². The van der Waals surface area contributed by atoms with Crippen molar-refractivity contribution < 1.29 is 9.53 Å². The lowest BCUT2D eigenvalue weighted by molar-refractivity contribution is -0.0224. The van der Waals surface area contributed by atoms with Crippen molar-refractivity contribution in [1.82, 2.24) is 4.90 Å². The van der Waals surface area contributed by atoms with Crippen molar-refractivity contribution in [2.24, 2.45) is 0 Å². The first-order chi connectivity index (χ1) is 7.70. The molecule has 5 heteroatoms. The highest BCUT2D eigenvalue weighted by Gasteiger charge is 2.24. The summed E-state index contributed by atoms with van der Waals surface area (Å²) in [6.07, 6.45) is 1.11. The van der Waals surface area contributed by atoms with Gasteiger partial charge in [0.1, 0.15) is 0 Å². The fraction of sp³-hybridized carbons (Fsp3) is 0.545. The van der Waals surface area contributed by atoms with Crippen LogP contribution in [-0.2, 0) is 4.74 Å². The molecule has 0 saturated carbocycles. The third-order valence-corrected chi connectivity index (χ3v) is 3.88. The lowest BCUT2D eigenvalue weighted by Gasteiger charge is -2.32. The fourth-order valence-corrected chi connectivity index (χ4v) is 2.75. The normalized spacial score (nSPS) is 21.1. The van der Waals surface area contributed by atoms with E-state index in [-0.39, 0.29) is 12.0 Å². The van der Waals surface area contributed by atoms with Crippen LogP contribution in [0.15, 0.2) is 12.1 Å². The van der Waals surface area contributed by atoms with Crippen LogP contribution in [0.25, 0.3) is 0 Å². The zero-order chi connectivity index (χ0) is 11.5. The summed E-state index contributed by atoms with van der Waals surface area (Å²) in [6, 6.07) is 3.54. The quantitative estimate of drug-likeness (QED) is 0.817. The van der Waals surface area contributed by atoms with Crippen LogP contribution in [0.5, 0.6) is 0 Å². The molecule has 0 N–H and O–H groups in total. The number of hydrogen-bond acceptors (Lipinski definition) is 3. The molecule has 88 valence electrons. The molecule has 1 aromatic heterocycles. The van der Waals surface area contributed by atoms with Crippen LogP contribution in [0.1, 0.15) is 23.0 Å². The highest BCUT2D eigenvalue weighted by molar-refractivity contribution is 7.17. The van der Waals surface area contributed by atoms with Crippen molar-refractivity contribution >= 4 is 28.8 Å². The molecule has 2 heterocycles. The van der Waals surface area contributed by atoms with Crippen LogP contribution < -0.4 is 0 Å². The third-order valence-electron chi connectivity index (χ3n) is 2.67. The Morgan fingerprint density at radius 1 is 1.69 bits per heavy atom. The van der Waals surface area contributed by atoms with Gasteiger partial charge in [0, 0.05) is 13.1 Å². The van der Waals surface area contributed by atoms with E-state index < -0.39 is 0 Å². The molecule has 1 aliphatic rings. The zero-order valence-corrected chi connectivity index (χ0v) is 10.7. The summed E-state index contributed by atoms with van der Waals surface area (Å²) in [4.78, 5) is 14.7. The Kier molecular flexibility index (Phi) is 3.84. The van der Waals surface area contributed by atoms with Crippen molar-refractivity contribution in [2.75, 3.05) is 19.7 Å². The number of amides is 1. The summed E-state index contributed by atoms with van der Waals surface area (Å²) in [7, 11) is 0. The molecule has 3 nitrogen and oxygen atoms in total. The molecule has 1 aliphatic heterocycles. The topological polar surface area (TPSA) is 29.5 Å². The highest BCUT2D eigenvalue weighted by Crippen LogP contribution is 2.23. The number of rotatable bonds is 2. The van der Waals surface area contributed by atoms with Gasteiger partial charge in [-0.25, -0.2) is 0 Å². The minimum Gasteiger partial charge on any atom is -0.375 e. The van der Waals surface area contributed by atoms with Crippen LogP contribution in [0.3, 0.4) is 0 Å². The van der Waals surface area contributed by atoms with Gasteiger partial charge in [0.05, 0.1) is 21.9 Å². The van der Waals surface area contributed by atoms with Gasteiger partial charge in [-0.3, -0.25) is 4.79 Å². The average molecular weight is 260 g/mol. The smallest absolute Gasteiger partial charge is 0.264 e. The van der Waals surface area contributed by atoms with E-state index in [0.717, 1.165) is 6.42 Å². The summed E-state index contributed by atoms with van der Waals surface area (Å²) < 4.78 is 6.19.